The third-order valence-corrected chi connectivity index (χ3v) is 4.16. The average molecular weight is 209 g/mol. The molecule has 0 aromatic heterocycles. The first kappa shape index (κ1) is 9.64. The van der Waals surface area contributed by atoms with Gasteiger partial charge in [0.15, 0.2) is 0 Å². The summed E-state index contributed by atoms with van der Waals surface area (Å²) in [6.07, 6.45) is 6.29. The number of fused-ring (bicyclic) bond motifs is 1. The Morgan fingerprint density at radius 3 is 2.93 bits per heavy atom. The molecule has 3 rings (SSSR count). The number of rotatable bonds is 3. The van der Waals surface area contributed by atoms with Crippen LogP contribution in [0.3, 0.4) is 0 Å². The predicted octanol–water partition coefficient (Wildman–Crippen LogP) is 1.33. The minimum atomic E-state index is 0.0104. The van der Waals surface area contributed by atoms with Crippen LogP contribution in [-0.2, 0) is 9.53 Å². The molecule has 1 aliphatic heterocycles. The molecule has 2 aliphatic carbocycles. The molecule has 3 aliphatic rings. The van der Waals surface area contributed by atoms with Crippen molar-refractivity contribution in [1.82, 2.24) is 5.32 Å². The van der Waals surface area contributed by atoms with Crippen LogP contribution in [0.25, 0.3) is 0 Å². The Bertz CT molecular complexity index is 262. The molecule has 1 heterocycles. The highest BCUT2D eigenvalue weighted by molar-refractivity contribution is 5.76. The van der Waals surface area contributed by atoms with E-state index in [-0.39, 0.29) is 12.0 Å². The zero-order chi connectivity index (χ0) is 10.3. The summed E-state index contributed by atoms with van der Waals surface area (Å²) >= 11 is 0. The Labute approximate surface area is 90.6 Å². The van der Waals surface area contributed by atoms with E-state index >= 15 is 0 Å². The number of carbonyl (C=O) groups is 1. The van der Waals surface area contributed by atoms with Crippen molar-refractivity contribution in [2.45, 2.75) is 38.1 Å². The molecular formula is C12H19NO2. The normalized spacial score (nSPS) is 39.1. The number of hydrogen-bond acceptors (Lipinski definition) is 3. The van der Waals surface area contributed by atoms with Crippen molar-refractivity contribution < 1.29 is 9.53 Å². The Balaban J connectivity index is 1.54. The average Bonchev–Trinajstić information content (AvgIpc) is 2.78. The fourth-order valence-electron chi connectivity index (χ4n) is 3.02. The van der Waals surface area contributed by atoms with E-state index in [0.29, 0.717) is 18.4 Å². The monoisotopic (exact) mass is 209 g/mol. The van der Waals surface area contributed by atoms with Crippen molar-refractivity contribution >= 4 is 5.97 Å². The van der Waals surface area contributed by atoms with Gasteiger partial charge in [-0.15, -0.1) is 0 Å². The lowest BCUT2D eigenvalue weighted by atomic mass is 9.94. The van der Waals surface area contributed by atoms with Gasteiger partial charge in [-0.25, -0.2) is 0 Å². The highest BCUT2D eigenvalue weighted by Crippen LogP contribution is 2.38. The number of carbonyl (C=O) groups excluding carboxylic acids is 1. The summed E-state index contributed by atoms with van der Waals surface area (Å²) in [4.78, 5) is 11.8. The van der Waals surface area contributed by atoms with Gasteiger partial charge >= 0.3 is 5.97 Å². The van der Waals surface area contributed by atoms with Gasteiger partial charge < -0.3 is 10.1 Å². The second kappa shape index (κ2) is 3.78. The molecule has 3 fully saturated rings. The molecule has 0 radical (unpaired) electrons. The van der Waals surface area contributed by atoms with Crippen molar-refractivity contribution in [3.05, 3.63) is 0 Å². The van der Waals surface area contributed by atoms with Gasteiger partial charge in [-0.1, -0.05) is 6.42 Å². The van der Waals surface area contributed by atoms with Crippen molar-refractivity contribution in [2.75, 3.05) is 13.2 Å². The lowest BCUT2D eigenvalue weighted by Gasteiger charge is -2.16. The molecule has 3 atom stereocenters. The Morgan fingerprint density at radius 1 is 1.27 bits per heavy atom. The van der Waals surface area contributed by atoms with Gasteiger partial charge in [-0.05, 0) is 50.0 Å². The second-order valence-electron chi connectivity index (χ2n) is 5.31. The van der Waals surface area contributed by atoms with Crippen molar-refractivity contribution in [2.24, 2.45) is 17.8 Å². The van der Waals surface area contributed by atoms with E-state index in [4.69, 9.17) is 4.74 Å². The molecule has 1 saturated heterocycles. The van der Waals surface area contributed by atoms with E-state index in [1.165, 1.54) is 32.1 Å². The van der Waals surface area contributed by atoms with Crippen LogP contribution in [0.4, 0.5) is 0 Å². The molecule has 84 valence electrons. The van der Waals surface area contributed by atoms with Gasteiger partial charge in [0.2, 0.25) is 0 Å². The van der Waals surface area contributed by atoms with Crippen LogP contribution in [0.1, 0.15) is 32.1 Å². The van der Waals surface area contributed by atoms with Crippen LogP contribution < -0.4 is 5.32 Å². The summed E-state index contributed by atoms with van der Waals surface area (Å²) in [6.45, 7) is 1.68. The summed E-state index contributed by atoms with van der Waals surface area (Å²) in [6, 6.07) is 0.0104. The lowest BCUT2D eigenvalue weighted by molar-refractivity contribution is -0.147. The maximum atomic E-state index is 11.8. The molecule has 0 bridgehead atoms. The third-order valence-electron chi connectivity index (χ3n) is 4.16. The van der Waals surface area contributed by atoms with Crippen molar-refractivity contribution in [3.63, 3.8) is 0 Å². The summed E-state index contributed by atoms with van der Waals surface area (Å²) in [7, 11) is 0. The van der Waals surface area contributed by atoms with Gasteiger partial charge in [-0.3, -0.25) is 4.79 Å². The molecule has 1 N–H and O–H groups in total. The summed E-state index contributed by atoms with van der Waals surface area (Å²) in [5, 5.41) is 3.33. The molecule has 0 aromatic rings. The zero-order valence-corrected chi connectivity index (χ0v) is 9.08. The fourth-order valence-corrected chi connectivity index (χ4v) is 3.02. The minimum Gasteiger partial charge on any atom is -0.464 e. The largest absolute Gasteiger partial charge is 0.464 e. The van der Waals surface area contributed by atoms with E-state index < -0.39 is 0 Å². The van der Waals surface area contributed by atoms with Crippen LogP contribution in [0.5, 0.6) is 0 Å². The van der Waals surface area contributed by atoms with Gasteiger partial charge in [-0.2, -0.15) is 0 Å². The molecule has 3 unspecified atom stereocenters. The molecule has 3 nitrogen and oxygen atoms in total. The molecular weight excluding hydrogens is 190 g/mol. The van der Waals surface area contributed by atoms with E-state index in [1.807, 2.05) is 0 Å². The predicted molar refractivity (Wildman–Crippen MR) is 56.3 cm³/mol. The first-order valence-electron chi connectivity index (χ1n) is 6.24. The van der Waals surface area contributed by atoms with Crippen LogP contribution in [0, 0.1) is 17.8 Å². The highest BCUT2D eigenvalue weighted by Gasteiger charge is 2.43. The molecule has 2 saturated carbocycles. The number of hydrogen-bond donors (Lipinski definition) is 1. The van der Waals surface area contributed by atoms with Gasteiger partial charge in [0.25, 0.3) is 0 Å². The Kier molecular flexibility index (Phi) is 2.43. The minimum absolute atomic E-state index is 0.0104. The fraction of sp³-hybridized carbons (Fsp3) is 0.917. The van der Waals surface area contributed by atoms with Crippen molar-refractivity contribution in [3.8, 4) is 0 Å². The highest BCUT2D eigenvalue weighted by atomic mass is 16.5. The summed E-state index contributed by atoms with van der Waals surface area (Å²) < 4.78 is 5.36. The SMILES string of the molecule is O=C(OCC1CC1)C1NCC2CCCC21. The Hall–Kier alpha value is -0.570. The van der Waals surface area contributed by atoms with Crippen LogP contribution in [0.2, 0.25) is 0 Å². The standard InChI is InChI=1S/C12H19NO2/c14-12(15-7-8-4-5-8)11-10-3-1-2-9(10)6-13-11/h8-11,13H,1-7H2. The van der Waals surface area contributed by atoms with Gasteiger partial charge in [0.1, 0.15) is 6.04 Å². The third kappa shape index (κ3) is 1.89. The summed E-state index contributed by atoms with van der Waals surface area (Å²) in [5.41, 5.74) is 0. The Morgan fingerprint density at radius 2 is 2.13 bits per heavy atom. The van der Waals surface area contributed by atoms with Crippen LogP contribution >= 0.6 is 0 Å². The van der Waals surface area contributed by atoms with Crippen LogP contribution in [-0.4, -0.2) is 25.2 Å². The smallest absolute Gasteiger partial charge is 0.323 e. The second-order valence-corrected chi connectivity index (χ2v) is 5.31. The van der Waals surface area contributed by atoms with E-state index in [0.717, 1.165) is 12.5 Å². The number of ether oxygens (including phenoxy) is 1. The summed E-state index contributed by atoms with van der Waals surface area (Å²) in [5.74, 6) is 1.99. The molecule has 0 aromatic carbocycles. The van der Waals surface area contributed by atoms with E-state index in [1.54, 1.807) is 0 Å². The zero-order valence-electron chi connectivity index (χ0n) is 9.08. The molecule has 0 amide bonds. The first-order chi connectivity index (χ1) is 7.34. The lowest BCUT2D eigenvalue weighted by Crippen LogP contribution is -2.37. The van der Waals surface area contributed by atoms with Gasteiger partial charge in [0.05, 0.1) is 6.61 Å². The molecule has 0 spiro atoms. The molecule has 15 heavy (non-hydrogen) atoms. The number of esters is 1. The van der Waals surface area contributed by atoms with E-state index in [9.17, 15) is 4.79 Å². The maximum absolute atomic E-state index is 11.8. The number of nitrogens with one attached hydrogen (secondary N) is 1. The van der Waals surface area contributed by atoms with Crippen molar-refractivity contribution in [1.29, 1.82) is 0 Å². The first-order valence-corrected chi connectivity index (χ1v) is 6.24. The van der Waals surface area contributed by atoms with E-state index in [2.05, 4.69) is 5.32 Å². The van der Waals surface area contributed by atoms with Gasteiger partial charge in [0, 0.05) is 0 Å². The topological polar surface area (TPSA) is 38.3 Å². The van der Waals surface area contributed by atoms with Crippen LogP contribution in [0.15, 0.2) is 0 Å². The quantitative estimate of drug-likeness (QED) is 0.713. The molecule has 3 heteroatoms. The maximum Gasteiger partial charge on any atom is 0.323 e.